The Bertz CT molecular complexity index is 864. The minimum atomic E-state index is -0.0839. The van der Waals surface area contributed by atoms with Gasteiger partial charge >= 0.3 is 0 Å². The first kappa shape index (κ1) is 18.3. The van der Waals surface area contributed by atoms with E-state index in [1.807, 2.05) is 78.9 Å². The van der Waals surface area contributed by atoms with Crippen LogP contribution in [0.3, 0.4) is 0 Å². The van der Waals surface area contributed by atoms with Gasteiger partial charge in [-0.3, -0.25) is 4.79 Å². The molecule has 0 aliphatic carbocycles. The van der Waals surface area contributed by atoms with Crippen molar-refractivity contribution in [3.05, 3.63) is 78.9 Å². The molecule has 138 valence electrons. The van der Waals surface area contributed by atoms with Crippen molar-refractivity contribution < 1.29 is 14.3 Å². The lowest BCUT2D eigenvalue weighted by Gasteiger charge is -2.10. The third-order valence-electron chi connectivity index (χ3n) is 3.87. The van der Waals surface area contributed by atoms with Gasteiger partial charge in [-0.05, 0) is 48.5 Å². The predicted molar refractivity (Wildman–Crippen MR) is 108 cm³/mol. The van der Waals surface area contributed by atoms with Crippen molar-refractivity contribution >= 4 is 23.0 Å². The van der Waals surface area contributed by atoms with Gasteiger partial charge in [0, 0.05) is 23.1 Å². The van der Waals surface area contributed by atoms with Crippen molar-refractivity contribution in [3.8, 4) is 11.5 Å². The van der Waals surface area contributed by atoms with Crippen LogP contribution >= 0.6 is 0 Å². The first-order chi connectivity index (χ1) is 13.2. The van der Waals surface area contributed by atoms with E-state index in [0.717, 1.165) is 28.6 Å². The summed E-state index contributed by atoms with van der Waals surface area (Å²) in [6.45, 7) is 0.339. The van der Waals surface area contributed by atoms with Gasteiger partial charge in [-0.2, -0.15) is 0 Å². The van der Waals surface area contributed by atoms with E-state index in [4.69, 9.17) is 9.47 Å². The fourth-order valence-electron chi connectivity index (χ4n) is 2.51. The largest absolute Gasteiger partial charge is 0.497 e. The molecule has 5 nitrogen and oxygen atoms in total. The molecule has 2 N–H and O–H groups in total. The number of hydrogen-bond acceptors (Lipinski definition) is 4. The number of amides is 1. The Morgan fingerprint density at radius 2 is 1.52 bits per heavy atom. The Hall–Kier alpha value is -3.47. The summed E-state index contributed by atoms with van der Waals surface area (Å²) < 4.78 is 10.8. The summed E-state index contributed by atoms with van der Waals surface area (Å²) in [5.41, 5.74) is 2.61. The van der Waals surface area contributed by atoms with E-state index in [1.165, 1.54) is 0 Å². The molecule has 0 bridgehead atoms. The Kier molecular flexibility index (Phi) is 6.30. The van der Waals surface area contributed by atoms with Gasteiger partial charge in [-0.1, -0.05) is 24.3 Å². The summed E-state index contributed by atoms with van der Waals surface area (Å²) in [4.78, 5) is 12.0. The fraction of sp³-hybridized carbons (Fsp3) is 0.136. The van der Waals surface area contributed by atoms with Gasteiger partial charge in [0.15, 0.2) is 0 Å². The summed E-state index contributed by atoms with van der Waals surface area (Å²) in [5.74, 6) is 1.47. The van der Waals surface area contributed by atoms with Crippen LogP contribution in [0.4, 0.5) is 17.1 Å². The van der Waals surface area contributed by atoms with Gasteiger partial charge in [0.1, 0.15) is 11.5 Å². The number of methoxy groups -OCH3 is 1. The molecule has 27 heavy (non-hydrogen) atoms. The molecule has 0 aliphatic heterocycles. The second kappa shape index (κ2) is 9.29. The number of ether oxygens (including phenoxy) is 2. The topological polar surface area (TPSA) is 59.6 Å². The Morgan fingerprint density at radius 3 is 2.26 bits per heavy atom. The van der Waals surface area contributed by atoms with Crippen molar-refractivity contribution in [1.82, 2.24) is 0 Å². The number of carbonyl (C=O) groups is 1. The van der Waals surface area contributed by atoms with Crippen LogP contribution in [-0.4, -0.2) is 19.6 Å². The average Bonchev–Trinajstić information content (AvgIpc) is 2.70. The number of hydrogen-bond donors (Lipinski definition) is 2. The van der Waals surface area contributed by atoms with Crippen LogP contribution in [0.2, 0.25) is 0 Å². The van der Waals surface area contributed by atoms with Gasteiger partial charge < -0.3 is 20.1 Å². The average molecular weight is 362 g/mol. The van der Waals surface area contributed by atoms with Crippen LogP contribution in [0.5, 0.6) is 11.5 Å². The van der Waals surface area contributed by atoms with E-state index >= 15 is 0 Å². The molecule has 5 heteroatoms. The number of benzene rings is 3. The molecule has 0 saturated carbocycles. The molecule has 0 saturated heterocycles. The number of nitrogens with one attached hydrogen (secondary N) is 2. The summed E-state index contributed by atoms with van der Waals surface area (Å²) in [6, 6.07) is 24.7. The van der Waals surface area contributed by atoms with Gasteiger partial charge in [0.25, 0.3) is 0 Å². The van der Waals surface area contributed by atoms with Gasteiger partial charge in [0.2, 0.25) is 5.91 Å². The van der Waals surface area contributed by atoms with Gasteiger partial charge in [0.05, 0.1) is 20.1 Å². The lowest BCUT2D eigenvalue weighted by molar-refractivity contribution is -0.116. The summed E-state index contributed by atoms with van der Waals surface area (Å²) in [7, 11) is 1.64. The zero-order valence-electron chi connectivity index (χ0n) is 15.1. The third kappa shape index (κ3) is 5.78. The zero-order valence-corrected chi connectivity index (χ0v) is 15.1. The smallest absolute Gasteiger partial charge is 0.227 e. The van der Waals surface area contributed by atoms with E-state index < -0.39 is 0 Å². The van der Waals surface area contributed by atoms with E-state index in [-0.39, 0.29) is 5.91 Å². The van der Waals surface area contributed by atoms with Crippen LogP contribution in [0.1, 0.15) is 6.42 Å². The zero-order chi connectivity index (χ0) is 18.9. The minimum absolute atomic E-state index is 0.0839. The maximum absolute atomic E-state index is 12.0. The normalized spacial score (nSPS) is 10.1. The molecule has 0 radical (unpaired) electrons. The molecule has 0 heterocycles. The maximum Gasteiger partial charge on any atom is 0.227 e. The molecular weight excluding hydrogens is 340 g/mol. The van der Waals surface area contributed by atoms with E-state index in [9.17, 15) is 4.79 Å². The second-order valence-electron chi connectivity index (χ2n) is 5.89. The van der Waals surface area contributed by atoms with Crippen molar-refractivity contribution in [2.24, 2.45) is 0 Å². The standard InChI is InChI=1S/C22H22N2O3/c1-26-21-9-5-6-19(16-21)23-17-10-12-18(13-11-17)24-22(25)14-15-27-20-7-3-2-4-8-20/h2-13,16,23H,14-15H2,1H3,(H,24,25). The highest BCUT2D eigenvalue weighted by Gasteiger charge is 2.04. The molecule has 0 aromatic heterocycles. The Morgan fingerprint density at radius 1 is 0.815 bits per heavy atom. The maximum atomic E-state index is 12.0. The van der Waals surface area contributed by atoms with Crippen LogP contribution in [0.25, 0.3) is 0 Å². The number of rotatable bonds is 8. The van der Waals surface area contributed by atoms with Crippen LogP contribution in [0.15, 0.2) is 78.9 Å². The molecule has 0 aliphatic rings. The number of anilines is 3. The predicted octanol–water partition coefficient (Wildman–Crippen LogP) is 4.85. The minimum Gasteiger partial charge on any atom is -0.497 e. The molecule has 1 amide bonds. The number of para-hydroxylation sites is 1. The van der Waals surface area contributed by atoms with Crippen molar-refractivity contribution in [2.45, 2.75) is 6.42 Å². The summed E-state index contributed by atoms with van der Waals surface area (Å²) in [6.07, 6.45) is 0.290. The lowest BCUT2D eigenvalue weighted by Crippen LogP contribution is -2.15. The summed E-state index contributed by atoms with van der Waals surface area (Å²) in [5, 5.41) is 6.17. The first-order valence-electron chi connectivity index (χ1n) is 8.72. The third-order valence-corrected chi connectivity index (χ3v) is 3.87. The lowest BCUT2D eigenvalue weighted by atomic mass is 10.2. The highest BCUT2D eigenvalue weighted by Crippen LogP contribution is 2.22. The Labute approximate surface area is 158 Å². The monoisotopic (exact) mass is 362 g/mol. The fourth-order valence-corrected chi connectivity index (χ4v) is 2.51. The highest BCUT2D eigenvalue weighted by molar-refractivity contribution is 5.91. The SMILES string of the molecule is COc1cccc(Nc2ccc(NC(=O)CCOc3ccccc3)cc2)c1. The van der Waals surface area contributed by atoms with Crippen LogP contribution in [0, 0.1) is 0 Å². The van der Waals surface area contributed by atoms with Gasteiger partial charge in [-0.25, -0.2) is 0 Å². The molecule has 3 rings (SSSR count). The molecular formula is C22H22N2O3. The van der Waals surface area contributed by atoms with Crippen LogP contribution in [-0.2, 0) is 4.79 Å². The first-order valence-corrected chi connectivity index (χ1v) is 8.72. The van der Waals surface area contributed by atoms with E-state index in [1.54, 1.807) is 7.11 Å². The second-order valence-corrected chi connectivity index (χ2v) is 5.89. The van der Waals surface area contributed by atoms with Crippen molar-refractivity contribution in [2.75, 3.05) is 24.4 Å². The number of carbonyl (C=O) groups excluding carboxylic acids is 1. The molecule has 3 aromatic carbocycles. The molecule has 0 atom stereocenters. The van der Waals surface area contributed by atoms with Crippen LogP contribution < -0.4 is 20.1 Å². The van der Waals surface area contributed by atoms with Crippen molar-refractivity contribution in [3.63, 3.8) is 0 Å². The van der Waals surface area contributed by atoms with E-state index in [2.05, 4.69) is 10.6 Å². The highest BCUT2D eigenvalue weighted by atomic mass is 16.5. The van der Waals surface area contributed by atoms with Gasteiger partial charge in [-0.15, -0.1) is 0 Å². The molecule has 0 unspecified atom stereocenters. The van der Waals surface area contributed by atoms with E-state index in [0.29, 0.717) is 13.0 Å². The quantitative estimate of drug-likeness (QED) is 0.602. The van der Waals surface area contributed by atoms with Crippen molar-refractivity contribution in [1.29, 1.82) is 0 Å². The molecule has 3 aromatic rings. The molecule has 0 spiro atoms. The Balaban J connectivity index is 1.47. The summed E-state index contributed by atoms with van der Waals surface area (Å²) >= 11 is 0. The molecule has 0 fully saturated rings.